The third-order valence-electron chi connectivity index (χ3n) is 1.29. The van der Waals surface area contributed by atoms with E-state index in [1.54, 1.807) is 25.2 Å². The summed E-state index contributed by atoms with van der Waals surface area (Å²) in [6.45, 7) is 13.0. The summed E-state index contributed by atoms with van der Waals surface area (Å²) >= 11 is 0. The van der Waals surface area contributed by atoms with Crippen molar-refractivity contribution in [3.05, 3.63) is 43.1 Å². The molecule has 1 rings (SSSR count). The fraction of sp³-hybridized carbons (Fsp3) is 0.273. The van der Waals surface area contributed by atoms with E-state index in [-0.39, 0.29) is 0 Å². The molecule has 0 aliphatic rings. The van der Waals surface area contributed by atoms with Crippen molar-refractivity contribution in [1.82, 2.24) is 10.1 Å². The lowest BCUT2D eigenvalue weighted by Crippen LogP contribution is -1.79. The second-order valence-electron chi connectivity index (χ2n) is 2.21. The predicted octanol–water partition coefficient (Wildman–Crippen LogP) is 3.16. The molecule has 0 spiro atoms. The highest BCUT2D eigenvalue weighted by atomic mass is 16.5. The lowest BCUT2D eigenvalue weighted by molar-refractivity contribution is 0.403. The summed E-state index contributed by atoms with van der Waals surface area (Å²) in [4.78, 5) is 4.04. The summed E-state index contributed by atoms with van der Waals surface area (Å²) in [5, 5.41) is 3.66. The van der Waals surface area contributed by atoms with Crippen LogP contribution in [0.25, 0.3) is 5.57 Å². The second kappa shape index (κ2) is 6.83. The van der Waals surface area contributed by atoms with Gasteiger partial charge in [-0.05, 0) is 6.92 Å². The normalized spacial score (nSPS) is 10.1. The van der Waals surface area contributed by atoms with Crippen LogP contribution in [0, 0.1) is 6.92 Å². The monoisotopic (exact) mass is 192 g/mol. The number of aryl methyl sites for hydroxylation is 1. The summed E-state index contributed by atoms with van der Waals surface area (Å²) in [6, 6.07) is 0. The van der Waals surface area contributed by atoms with Crippen LogP contribution >= 0.6 is 0 Å². The summed E-state index contributed by atoms with van der Waals surface area (Å²) in [5.41, 5.74) is 0.783. The molecule has 0 amide bonds. The topological polar surface area (TPSA) is 38.9 Å². The standard InChI is InChI=1S/C9H10N2O.C2H6/c1-4-6-8(5-2)9-10-7(3)11-12-9;1-2/h4-6H,1-2H2,3H3;1-2H3/b8-6+;. The van der Waals surface area contributed by atoms with E-state index in [1.165, 1.54) is 0 Å². The SMILES string of the molecule is C=C/C=C(\C=C)c1nc(C)no1.CC. The van der Waals surface area contributed by atoms with Gasteiger partial charge in [-0.15, -0.1) is 0 Å². The molecular weight excluding hydrogens is 176 g/mol. The Kier molecular flexibility index (Phi) is 6.03. The number of nitrogens with zero attached hydrogens (tertiary/aromatic N) is 2. The van der Waals surface area contributed by atoms with Gasteiger partial charge in [0.1, 0.15) is 0 Å². The van der Waals surface area contributed by atoms with E-state index in [0.29, 0.717) is 11.7 Å². The van der Waals surface area contributed by atoms with Crippen LogP contribution < -0.4 is 0 Å². The van der Waals surface area contributed by atoms with Gasteiger partial charge < -0.3 is 4.52 Å². The van der Waals surface area contributed by atoms with E-state index in [0.717, 1.165) is 5.57 Å². The first kappa shape index (κ1) is 12.4. The molecule has 76 valence electrons. The predicted molar refractivity (Wildman–Crippen MR) is 58.8 cm³/mol. The number of hydrogen-bond acceptors (Lipinski definition) is 3. The Morgan fingerprint density at radius 2 is 2.00 bits per heavy atom. The van der Waals surface area contributed by atoms with Gasteiger partial charge in [-0.1, -0.05) is 50.4 Å². The molecule has 0 saturated carbocycles. The van der Waals surface area contributed by atoms with Crippen LogP contribution in [-0.2, 0) is 0 Å². The van der Waals surface area contributed by atoms with E-state index >= 15 is 0 Å². The fourth-order valence-electron chi connectivity index (χ4n) is 0.768. The van der Waals surface area contributed by atoms with E-state index in [9.17, 15) is 0 Å². The second-order valence-corrected chi connectivity index (χ2v) is 2.21. The molecule has 0 fully saturated rings. The summed E-state index contributed by atoms with van der Waals surface area (Å²) in [5.74, 6) is 1.09. The largest absolute Gasteiger partial charge is 0.334 e. The van der Waals surface area contributed by atoms with Crippen molar-refractivity contribution in [1.29, 1.82) is 0 Å². The molecule has 0 atom stereocenters. The van der Waals surface area contributed by atoms with Gasteiger partial charge in [0.15, 0.2) is 5.82 Å². The molecule has 0 bridgehead atoms. The minimum atomic E-state index is 0.474. The molecule has 0 aliphatic carbocycles. The van der Waals surface area contributed by atoms with Crippen molar-refractivity contribution < 1.29 is 4.52 Å². The average Bonchev–Trinajstić information content (AvgIpc) is 2.64. The molecule has 0 aromatic carbocycles. The van der Waals surface area contributed by atoms with E-state index in [4.69, 9.17) is 4.52 Å². The third kappa shape index (κ3) is 3.39. The lowest BCUT2D eigenvalue weighted by atomic mass is 10.2. The van der Waals surface area contributed by atoms with Crippen LogP contribution in [-0.4, -0.2) is 10.1 Å². The number of aromatic nitrogens is 2. The van der Waals surface area contributed by atoms with Gasteiger partial charge in [0.05, 0.1) is 0 Å². The molecular formula is C11H16N2O. The maximum absolute atomic E-state index is 4.92. The van der Waals surface area contributed by atoms with Crippen LogP contribution in [0.2, 0.25) is 0 Å². The Morgan fingerprint density at radius 1 is 1.36 bits per heavy atom. The van der Waals surface area contributed by atoms with E-state index in [1.807, 2.05) is 13.8 Å². The molecule has 1 aromatic heterocycles. The quantitative estimate of drug-likeness (QED) is 0.690. The molecule has 14 heavy (non-hydrogen) atoms. The molecule has 0 N–H and O–H groups in total. The average molecular weight is 192 g/mol. The van der Waals surface area contributed by atoms with Gasteiger partial charge in [-0.3, -0.25) is 0 Å². The van der Waals surface area contributed by atoms with Crippen LogP contribution in [0.3, 0.4) is 0 Å². The molecule has 1 heterocycles. The first-order valence-corrected chi connectivity index (χ1v) is 4.53. The van der Waals surface area contributed by atoms with Gasteiger partial charge in [0.2, 0.25) is 0 Å². The molecule has 3 nitrogen and oxygen atoms in total. The van der Waals surface area contributed by atoms with E-state index in [2.05, 4.69) is 23.3 Å². The zero-order chi connectivity index (χ0) is 11.0. The Morgan fingerprint density at radius 3 is 2.36 bits per heavy atom. The van der Waals surface area contributed by atoms with Crippen LogP contribution in [0.1, 0.15) is 25.6 Å². The smallest absolute Gasteiger partial charge is 0.257 e. The maximum Gasteiger partial charge on any atom is 0.257 e. The molecule has 3 heteroatoms. The zero-order valence-corrected chi connectivity index (χ0v) is 8.95. The Hall–Kier alpha value is -1.64. The van der Waals surface area contributed by atoms with Crippen molar-refractivity contribution in [3.8, 4) is 0 Å². The maximum atomic E-state index is 4.92. The number of hydrogen-bond donors (Lipinski definition) is 0. The molecule has 0 saturated heterocycles. The van der Waals surface area contributed by atoms with Crippen molar-refractivity contribution in [3.63, 3.8) is 0 Å². The highest BCUT2D eigenvalue weighted by Crippen LogP contribution is 2.12. The van der Waals surface area contributed by atoms with Gasteiger partial charge >= 0.3 is 0 Å². The third-order valence-corrected chi connectivity index (χ3v) is 1.29. The first-order chi connectivity index (χ1) is 6.77. The fourth-order valence-corrected chi connectivity index (χ4v) is 0.768. The Labute approximate surface area is 84.8 Å². The van der Waals surface area contributed by atoms with Crippen LogP contribution in [0.4, 0.5) is 0 Å². The van der Waals surface area contributed by atoms with Crippen molar-refractivity contribution >= 4 is 5.57 Å². The zero-order valence-electron chi connectivity index (χ0n) is 8.95. The highest BCUT2D eigenvalue weighted by Gasteiger charge is 2.04. The van der Waals surface area contributed by atoms with Gasteiger partial charge in [0.25, 0.3) is 5.89 Å². The van der Waals surface area contributed by atoms with Crippen LogP contribution in [0.5, 0.6) is 0 Å². The molecule has 0 radical (unpaired) electrons. The van der Waals surface area contributed by atoms with Gasteiger partial charge in [0, 0.05) is 5.57 Å². The summed E-state index contributed by atoms with van der Waals surface area (Å²) in [7, 11) is 0. The van der Waals surface area contributed by atoms with Crippen molar-refractivity contribution in [2.24, 2.45) is 0 Å². The molecule has 0 aliphatic heterocycles. The first-order valence-electron chi connectivity index (χ1n) is 4.53. The summed E-state index contributed by atoms with van der Waals surface area (Å²) < 4.78 is 4.92. The minimum absolute atomic E-state index is 0.474. The highest BCUT2D eigenvalue weighted by molar-refractivity contribution is 5.68. The number of allylic oxidation sites excluding steroid dienone is 4. The molecule has 1 aromatic rings. The minimum Gasteiger partial charge on any atom is -0.334 e. The van der Waals surface area contributed by atoms with Crippen LogP contribution in [0.15, 0.2) is 35.9 Å². The van der Waals surface area contributed by atoms with Gasteiger partial charge in [-0.25, -0.2) is 0 Å². The molecule has 0 unspecified atom stereocenters. The lowest BCUT2D eigenvalue weighted by Gasteiger charge is -1.89. The summed E-state index contributed by atoms with van der Waals surface area (Å²) in [6.07, 6.45) is 5.06. The van der Waals surface area contributed by atoms with Crippen molar-refractivity contribution in [2.75, 3.05) is 0 Å². The Bertz CT molecular complexity index is 324. The van der Waals surface area contributed by atoms with E-state index < -0.39 is 0 Å². The number of rotatable bonds is 3. The van der Waals surface area contributed by atoms with Gasteiger partial charge in [-0.2, -0.15) is 4.98 Å². The van der Waals surface area contributed by atoms with Crippen molar-refractivity contribution in [2.45, 2.75) is 20.8 Å². The Balaban J connectivity index is 0.000000791.